The van der Waals surface area contributed by atoms with Crippen LogP contribution in [0.15, 0.2) is 24.3 Å². The molecule has 1 aromatic carbocycles. The lowest BCUT2D eigenvalue weighted by Crippen LogP contribution is -2.35. The summed E-state index contributed by atoms with van der Waals surface area (Å²) in [7, 11) is 0. The number of amides is 1. The van der Waals surface area contributed by atoms with Gasteiger partial charge in [0.1, 0.15) is 0 Å². The fourth-order valence-corrected chi connectivity index (χ4v) is 2.22. The van der Waals surface area contributed by atoms with Gasteiger partial charge in [0.2, 0.25) is 5.91 Å². The second-order valence-corrected chi connectivity index (χ2v) is 4.93. The molecular formula is C13H17ClN2O. The Kier molecular flexibility index (Phi) is 3.69. The first kappa shape index (κ1) is 12.4. The first-order chi connectivity index (χ1) is 8.19. The number of carbonyl (C=O) groups excluding carboxylic acids is 1. The SMILES string of the molecule is NCCCNC(=O)C1(c2cccc(Cl)c2)CC1. The van der Waals surface area contributed by atoms with E-state index < -0.39 is 0 Å². The number of halogens is 1. The van der Waals surface area contributed by atoms with Crippen molar-refractivity contribution in [1.29, 1.82) is 0 Å². The van der Waals surface area contributed by atoms with Crippen molar-refractivity contribution in [3.05, 3.63) is 34.9 Å². The molecule has 0 unspecified atom stereocenters. The number of hydrogen-bond donors (Lipinski definition) is 2. The summed E-state index contributed by atoms with van der Waals surface area (Å²) >= 11 is 5.96. The van der Waals surface area contributed by atoms with Crippen LogP contribution in [0.2, 0.25) is 5.02 Å². The Morgan fingerprint density at radius 1 is 1.47 bits per heavy atom. The van der Waals surface area contributed by atoms with Gasteiger partial charge in [0.15, 0.2) is 0 Å². The number of rotatable bonds is 5. The lowest BCUT2D eigenvalue weighted by Gasteiger charge is -2.15. The highest BCUT2D eigenvalue weighted by atomic mass is 35.5. The molecule has 0 saturated heterocycles. The largest absolute Gasteiger partial charge is 0.355 e. The lowest BCUT2D eigenvalue weighted by atomic mass is 9.95. The van der Waals surface area contributed by atoms with Gasteiger partial charge in [0, 0.05) is 11.6 Å². The third-order valence-electron chi connectivity index (χ3n) is 3.23. The van der Waals surface area contributed by atoms with Gasteiger partial charge in [-0.05, 0) is 43.5 Å². The number of hydrogen-bond acceptors (Lipinski definition) is 2. The van der Waals surface area contributed by atoms with Crippen molar-refractivity contribution >= 4 is 17.5 Å². The summed E-state index contributed by atoms with van der Waals surface area (Å²) in [4.78, 5) is 12.1. The standard InChI is InChI=1S/C13H17ClN2O/c14-11-4-1-3-10(9-11)13(5-6-13)12(17)16-8-2-7-15/h1,3-4,9H,2,5-8,15H2,(H,16,17). The maximum Gasteiger partial charge on any atom is 0.230 e. The summed E-state index contributed by atoms with van der Waals surface area (Å²) in [6.07, 6.45) is 2.63. The molecular weight excluding hydrogens is 236 g/mol. The summed E-state index contributed by atoms with van der Waals surface area (Å²) in [6, 6.07) is 7.58. The topological polar surface area (TPSA) is 55.1 Å². The van der Waals surface area contributed by atoms with E-state index in [9.17, 15) is 4.79 Å². The van der Waals surface area contributed by atoms with Crippen molar-refractivity contribution in [2.24, 2.45) is 5.73 Å². The van der Waals surface area contributed by atoms with Crippen LogP contribution < -0.4 is 11.1 Å². The third kappa shape index (κ3) is 2.61. The van der Waals surface area contributed by atoms with E-state index in [2.05, 4.69) is 5.32 Å². The summed E-state index contributed by atoms with van der Waals surface area (Å²) in [5.41, 5.74) is 6.09. The van der Waals surface area contributed by atoms with Gasteiger partial charge in [-0.25, -0.2) is 0 Å². The predicted molar refractivity (Wildman–Crippen MR) is 69.0 cm³/mol. The monoisotopic (exact) mass is 252 g/mol. The number of benzene rings is 1. The first-order valence-corrected chi connectivity index (χ1v) is 6.31. The highest BCUT2D eigenvalue weighted by Crippen LogP contribution is 2.48. The van der Waals surface area contributed by atoms with Crippen molar-refractivity contribution in [2.75, 3.05) is 13.1 Å². The summed E-state index contributed by atoms with van der Waals surface area (Å²) in [6.45, 7) is 1.25. The number of nitrogens with two attached hydrogens (primary N) is 1. The molecule has 0 spiro atoms. The molecule has 0 aromatic heterocycles. The van der Waals surface area contributed by atoms with Crippen LogP contribution in [-0.4, -0.2) is 19.0 Å². The van der Waals surface area contributed by atoms with E-state index >= 15 is 0 Å². The molecule has 17 heavy (non-hydrogen) atoms. The zero-order valence-electron chi connectivity index (χ0n) is 9.71. The van der Waals surface area contributed by atoms with Gasteiger partial charge in [-0.2, -0.15) is 0 Å². The summed E-state index contributed by atoms with van der Waals surface area (Å²) < 4.78 is 0. The average Bonchev–Trinajstić information content (AvgIpc) is 3.10. The fourth-order valence-electron chi connectivity index (χ4n) is 2.03. The molecule has 0 aliphatic heterocycles. The number of carbonyl (C=O) groups is 1. The van der Waals surface area contributed by atoms with Crippen LogP contribution in [0.25, 0.3) is 0 Å². The molecule has 3 N–H and O–H groups in total. The maximum absolute atomic E-state index is 12.1. The van der Waals surface area contributed by atoms with E-state index in [1.54, 1.807) is 0 Å². The number of nitrogens with one attached hydrogen (secondary N) is 1. The second-order valence-electron chi connectivity index (χ2n) is 4.49. The smallest absolute Gasteiger partial charge is 0.230 e. The zero-order chi connectivity index (χ0) is 12.3. The molecule has 3 nitrogen and oxygen atoms in total. The molecule has 0 heterocycles. The van der Waals surface area contributed by atoms with Gasteiger partial charge >= 0.3 is 0 Å². The molecule has 4 heteroatoms. The van der Waals surface area contributed by atoms with Crippen LogP contribution in [0.1, 0.15) is 24.8 Å². The highest BCUT2D eigenvalue weighted by Gasteiger charge is 2.51. The molecule has 1 amide bonds. The molecule has 1 aliphatic carbocycles. The Balaban J connectivity index is 2.06. The van der Waals surface area contributed by atoms with E-state index in [0.717, 1.165) is 24.8 Å². The van der Waals surface area contributed by atoms with Crippen molar-refractivity contribution in [1.82, 2.24) is 5.32 Å². The van der Waals surface area contributed by atoms with E-state index in [1.165, 1.54) is 0 Å². The van der Waals surface area contributed by atoms with Crippen LogP contribution in [-0.2, 0) is 10.2 Å². The Labute approximate surface area is 106 Å². The van der Waals surface area contributed by atoms with Gasteiger partial charge in [-0.15, -0.1) is 0 Å². The second kappa shape index (κ2) is 5.07. The molecule has 0 radical (unpaired) electrons. The third-order valence-corrected chi connectivity index (χ3v) is 3.46. The van der Waals surface area contributed by atoms with E-state index in [4.69, 9.17) is 17.3 Å². The van der Waals surface area contributed by atoms with Crippen LogP contribution in [0, 0.1) is 0 Å². The Bertz CT molecular complexity index is 416. The summed E-state index contributed by atoms with van der Waals surface area (Å²) in [5.74, 6) is 0.105. The van der Waals surface area contributed by atoms with Crippen LogP contribution in [0.4, 0.5) is 0 Å². The predicted octanol–water partition coefficient (Wildman–Crippen LogP) is 1.84. The van der Waals surface area contributed by atoms with E-state index in [-0.39, 0.29) is 11.3 Å². The van der Waals surface area contributed by atoms with Gasteiger partial charge in [-0.1, -0.05) is 23.7 Å². The zero-order valence-corrected chi connectivity index (χ0v) is 10.5. The quantitative estimate of drug-likeness (QED) is 0.786. The molecule has 92 valence electrons. The highest BCUT2D eigenvalue weighted by molar-refractivity contribution is 6.30. The molecule has 1 fully saturated rings. The Hall–Kier alpha value is -1.06. The van der Waals surface area contributed by atoms with E-state index in [0.29, 0.717) is 18.1 Å². The molecule has 1 aliphatic rings. The minimum atomic E-state index is -0.334. The van der Waals surface area contributed by atoms with Crippen molar-refractivity contribution < 1.29 is 4.79 Å². The molecule has 1 aromatic rings. The molecule has 0 bridgehead atoms. The molecule has 2 rings (SSSR count). The lowest BCUT2D eigenvalue weighted by molar-refractivity contribution is -0.123. The van der Waals surface area contributed by atoms with Gasteiger partial charge in [0.05, 0.1) is 5.41 Å². The van der Waals surface area contributed by atoms with Crippen molar-refractivity contribution in [3.8, 4) is 0 Å². The van der Waals surface area contributed by atoms with Crippen LogP contribution >= 0.6 is 11.6 Å². The average molecular weight is 253 g/mol. The minimum Gasteiger partial charge on any atom is -0.355 e. The van der Waals surface area contributed by atoms with E-state index in [1.807, 2.05) is 24.3 Å². The van der Waals surface area contributed by atoms with Crippen LogP contribution in [0.3, 0.4) is 0 Å². The minimum absolute atomic E-state index is 0.105. The van der Waals surface area contributed by atoms with Gasteiger partial charge in [-0.3, -0.25) is 4.79 Å². The molecule has 1 saturated carbocycles. The van der Waals surface area contributed by atoms with Gasteiger partial charge in [0.25, 0.3) is 0 Å². The van der Waals surface area contributed by atoms with Crippen molar-refractivity contribution in [2.45, 2.75) is 24.7 Å². The Morgan fingerprint density at radius 2 is 2.24 bits per heavy atom. The normalized spacial score (nSPS) is 16.6. The summed E-state index contributed by atoms with van der Waals surface area (Å²) in [5, 5.41) is 3.63. The van der Waals surface area contributed by atoms with Crippen molar-refractivity contribution in [3.63, 3.8) is 0 Å². The first-order valence-electron chi connectivity index (χ1n) is 5.93. The maximum atomic E-state index is 12.1. The van der Waals surface area contributed by atoms with Crippen LogP contribution in [0.5, 0.6) is 0 Å². The molecule has 0 atom stereocenters. The Morgan fingerprint density at radius 3 is 2.82 bits per heavy atom. The van der Waals surface area contributed by atoms with Gasteiger partial charge < -0.3 is 11.1 Å². The fraction of sp³-hybridized carbons (Fsp3) is 0.462.